The molecule has 2 aliphatic rings. The summed E-state index contributed by atoms with van der Waals surface area (Å²) < 4.78 is 29.3. The van der Waals surface area contributed by atoms with Gasteiger partial charge in [-0.1, -0.05) is 49.6 Å². The molecule has 2 atom stereocenters. The number of nitrogens with one attached hydrogen (secondary N) is 1. The van der Waals surface area contributed by atoms with E-state index in [1.54, 1.807) is 27.8 Å². The summed E-state index contributed by atoms with van der Waals surface area (Å²) >= 11 is 1.69. The fourth-order valence-electron chi connectivity index (χ4n) is 5.25. The van der Waals surface area contributed by atoms with Crippen molar-refractivity contribution in [3.63, 3.8) is 0 Å². The van der Waals surface area contributed by atoms with E-state index in [0.29, 0.717) is 23.5 Å². The molecule has 1 amide bonds. The van der Waals surface area contributed by atoms with Crippen LogP contribution in [0.2, 0.25) is 0 Å². The molecular weight excluding hydrogens is 466 g/mol. The highest BCUT2D eigenvalue weighted by Crippen LogP contribution is 2.41. The first kappa shape index (κ1) is 23.5. The summed E-state index contributed by atoms with van der Waals surface area (Å²) in [6.45, 7) is 1.34. The maximum absolute atomic E-state index is 13.3. The van der Waals surface area contributed by atoms with Gasteiger partial charge in [0.1, 0.15) is 0 Å². The number of carbonyl (C=O) groups excluding carboxylic acids is 1. The number of amides is 1. The summed E-state index contributed by atoms with van der Waals surface area (Å²) in [7, 11) is -3.56. The minimum atomic E-state index is -3.56. The van der Waals surface area contributed by atoms with Crippen LogP contribution in [0.25, 0.3) is 10.2 Å². The summed E-state index contributed by atoms with van der Waals surface area (Å²) in [5.41, 5.74) is 1.64. The molecule has 2 aromatic carbocycles. The summed E-state index contributed by atoms with van der Waals surface area (Å²) in [4.78, 5) is 18.5. The molecule has 0 radical (unpaired) electrons. The third-order valence-electron chi connectivity index (χ3n) is 7.09. The second kappa shape index (κ2) is 10.1. The largest absolute Gasteiger partial charge is 0.352 e. The standard InChI is InChI=1S/C26H31N3O3S2/c30-25(20-11-3-4-12-21(20)26-28-22-13-5-6-14-23(22)33-26)27-18-19-10-2-7-15-24(19)34(31,32)29-16-8-1-9-17-29/h2,5-7,10,13-15,20-21H,1,3-4,8-9,11-12,16-18H2,(H,27,30). The Hall–Kier alpha value is -2.29. The maximum Gasteiger partial charge on any atom is 0.243 e. The number of thiazole rings is 1. The van der Waals surface area contributed by atoms with Crippen molar-refractivity contribution in [2.75, 3.05) is 13.1 Å². The van der Waals surface area contributed by atoms with Gasteiger partial charge in [-0.2, -0.15) is 4.31 Å². The topological polar surface area (TPSA) is 79.4 Å². The van der Waals surface area contributed by atoms with Gasteiger partial charge in [-0.15, -0.1) is 11.3 Å². The van der Waals surface area contributed by atoms with E-state index in [1.165, 1.54) is 0 Å². The lowest BCUT2D eigenvalue weighted by Gasteiger charge is -2.29. The van der Waals surface area contributed by atoms with Crippen molar-refractivity contribution in [3.8, 4) is 0 Å². The lowest BCUT2D eigenvalue weighted by molar-refractivity contribution is -0.126. The fourth-order valence-corrected chi connectivity index (χ4v) is 8.16. The van der Waals surface area contributed by atoms with Crippen LogP contribution in [0.5, 0.6) is 0 Å². The van der Waals surface area contributed by atoms with E-state index in [4.69, 9.17) is 4.98 Å². The van der Waals surface area contributed by atoms with E-state index in [2.05, 4.69) is 11.4 Å². The molecule has 0 spiro atoms. The molecule has 1 aliphatic heterocycles. The lowest BCUT2D eigenvalue weighted by atomic mass is 9.79. The monoisotopic (exact) mass is 497 g/mol. The number of hydrogen-bond donors (Lipinski definition) is 1. The molecule has 180 valence electrons. The molecule has 1 saturated carbocycles. The average molecular weight is 498 g/mol. The molecule has 34 heavy (non-hydrogen) atoms. The molecule has 2 fully saturated rings. The highest BCUT2D eigenvalue weighted by atomic mass is 32.2. The molecule has 3 aromatic rings. The van der Waals surface area contributed by atoms with Gasteiger partial charge in [-0.05, 0) is 49.4 Å². The highest BCUT2D eigenvalue weighted by Gasteiger charge is 2.34. The van der Waals surface area contributed by atoms with Crippen LogP contribution in [0.3, 0.4) is 0 Å². The number of aromatic nitrogens is 1. The molecule has 1 N–H and O–H groups in total. The fraction of sp³-hybridized carbons (Fsp3) is 0.462. The van der Waals surface area contributed by atoms with Gasteiger partial charge in [-0.3, -0.25) is 4.79 Å². The van der Waals surface area contributed by atoms with Gasteiger partial charge in [0.2, 0.25) is 15.9 Å². The van der Waals surface area contributed by atoms with Gasteiger partial charge in [-0.25, -0.2) is 13.4 Å². The molecular formula is C26H31N3O3S2. The molecule has 1 saturated heterocycles. The molecule has 6 nitrogen and oxygen atoms in total. The third kappa shape index (κ3) is 4.76. The zero-order chi connectivity index (χ0) is 23.5. The van der Waals surface area contributed by atoms with Crippen LogP contribution in [-0.2, 0) is 21.4 Å². The van der Waals surface area contributed by atoms with E-state index in [9.17, 15) is 13.2 Å². The minimum absolute atomic E-state index is 0.00544. The number of rotatable bonds is 6. The number of benzene rings is 2. The second-order valence-electron chi connectivity index (χ2n) is 9.31. The normalized spacial score (nSPS) is 22.0. The second-order valence-corrected chi connectivity index (χ2v) is 12.3. The first-order valence-corrected chi connectivity index (χ1v) is 14.5. The van der Waals surface area contributed by atoms with E-state index in [0.717, 1.165) is 60.2 Å². The van der Waals surface area contributed by atoms with Crippen LogP contribution in [0.4, 0.5) is 0 Å². The molecule has 5 rings (SSSR count). The lowest BCUT2D eigenvalue weighted by Crippen LogP contribution is -2.37. The Balaban J connectivity index is 1.32. The molecule has 2 heterocycles. The van der Waals surface area contributed by atoms with Gasteiger partial charge in [0.05, 0.1) is 20.1 Å². The maximum atomic E-state index is 13.3. The number of hydrogen-bond acceptors (Lipinski definition) is 5. The number of nitrogens with zero attached hydrogens (tertiary/aromatic N) is 2. The van der Waals surface area contributed by atoms with E-state index < -0.39 is 10.0 Å². The highest BCUT2D eigenvalue weighted by molar-refractivity contribution is 7.89. The van der Waals surface area contributed by atoms with Gasteiger partial charge < -0.3 is 5.32 Å². The quantitative estimate of drug-likeness (QED) is 0.516. The van der Waals surface area contributed by atoms with Crippen LogP contribution in [0, 0.1) is 5.92 Å². The van der Waals surface area contributed by atoms with Crippen molar-refractivity contribution in [1.82, 2.24) is 14.6 Å². The minimum Gasteiger partial charge on any atom is -0.352 e. The Morgan fingerprint density at radius 2 is 1.71 bits per heavy atom. The predicted octanol–water partition coefficient (Wildman–Crippen LogP) is 5.06. The summed E-state index contributed by atoms with van der Waals surface area (Å²) in [6.07, 6.45) is 6.78. The zero-order valence-electron chi connectivity index (χ0n) is 19.3. The van der Waals surface area contributed by atoms with E-state index >= 15 is 0 Å². The summed E-state index contributed by atoms with van der Waals surface area (Å²) in [5, 5.41) is 4.11. The molecule has 1 aliphatic carbocycles. The van der Waals surface area contributed by atoms with E-state index in [1.807, 2.05) is 30.3 Å². The Labute approximate surface area is 205 Å². The number of para-hydroxylation sites is 1. The Bertz CT molecular complexity index is 1230. The van der Waals surface area contributed by atoms with Gasteiger partial charge >= 0.3 is 0 Å². The number of piperidine rings is 1. The first-order chi connectivity index (χ1) is 16.5. The van der Waals surface area contributed by atoms with Crippen LogP contribution in [-0.4, -0.2) is 36.7 Å². The zero-order valence-corrected chi connectivity index (χ0v) is 20.9. The van der Waals surface area contributed by atoms with Crippen LogP contribution in [0.1, 0.15) is 61.4 Å². The first-order valence-electron chi connectivity index (χ1n) is 12.3. The van der Waals surface area contributed by atoms with Crippen molar-refractivity contribution < 1.29 is 13.2 Å². The molecule has 1 aromatic heterocycles. The van der Waals surface area contributed by atoms with Gasteiger partial charge in [0.15, 0.2) is 0 Å². The van der Waals surface area contributed by atoms with Crippen LogP contribution < -0.4 is 5.32 Å². The van der Waals surface area contributed by atoms with Gasteiger partial charge in [0.25, 0.3) is 0 Å². The Morgan fingerprint density at radius 3 is 2.53 bits per heavy atom. The van der Waals surface area contributed by atoms with Crippen molar-refractivity contribution in [1.29, 1.82) is 0 Å². The molecule has 2 unspecified atom stereocenters. The number of sulfonamides is 1. The Morgan fingerprint density at radius 1 is 0.971 bits per heavy atom. The van der Waals surface area contributed by atoms with Crippen LogP contribution in [0.15, 0.2) is 53.4 Å². The van der Waals surface area contributed by atoms with Crippen molar-refractivity contribution in [3.05, 3.63) is 59.1 Å². The summed E-state index contributed by atoms with van der Waals surface area (Å²) in [6, 6.07) is 15.2. The molecule has 8 heteroatoms. The summed E-state index contributed by atoms with van der Waals surface area (Å²) in [5.74, 6) is -0.0345. The van der Waals surface area contributed by atoms with Crippen molar-refractivity contribution in [2.45, 2.75) is 62.3 Å². The van der Waals surface area contributed by atoms with Crippen molar-refractivity contribution >= 4 is 37.5 Å². The molecule has 0 bridgehead atoms. The Kier molecular flexibility index (Phi) is 6.99. The predicted molar refractivity (Wildman–Crippen MR) is 135 cm³/mol. The number of carbonyl (C=O) groups is 1. The van der Waals surface area contributed by atoms with E-state index in [-0.39, 0.29) is 24.3 Å². The SMILES string of the molecule is O=C(NCc1ccccc1S(=O)(=O)N1CCCCC1)C1CCCCC1c1nc2ccccc2s1. The van der Waals surface area contributed by atoms with Crippen LogP contribution >= 0.6 is 11.3 Å². The van der Waals surface area contributed by atoms with Crippen molar-refractivity contribution in [2.24, 2.45) is 5.92 Å². The third-order valence-corrected chi connectivity index (χ3v) is 10.3. The smallest absolute Gasteiger partial charge is 0.243 e. The van der Waals surface area contributed by atoms with Gasteiger partial charge in [0, 0.05) is 31.5 Å². The number of fused-ring (bicyclic) bond motifs is 1. The average Bonchev–Trinajstić information content (AvgIpc) is 3.32.